The summed E-state index contributed by atoms with van der Waals surface area (Å²) in [6, 6.07) is 2.66. The number of rotatable bonds is 3. The minimum absolute atomic E-state index is 0.299. The lowest BCUT2D eigenvalue weighted by Crippen LogP contribution is -2.33. The Morgan fingerprint density at radius 3 is 2.71 bits per heavy atom. The van der Waals surface area contributed by atoms with Crippen molar-refractivity contribution in [3.05, 3.63) is 49.8 Å². The van der Waals surface area contributed by atoms with Crippen LogP contribution in [0.4, 0.5) is 4.39 Å². The Kier molecular flexibility index (Phi) is 4.29. The van der Waals surface area contributed by atoms with Crippen LogP contribution in [-0.2, 0) is 7.05 Å². The molecule has 0 radical (unpaired) electrons. The van der Waals surface area contributed by atoms with Crippen LogP contribution in [0, 0.1) is 12.7 Å². The number of aryl methyl sites for hydroxylation is 2. The van der Waals surface area contributed by atoms with Gasteiger partial charge in [0.15, 0.2) is 5.16 Å². The van der Waals surface area contributed by atoms with Gasteiger partial charge < -0.3 is 5.73 Å². The fraction of sp³-hybridized carbons (Fsp3) is 0.308. The number of nitrogens with two attached hydrogens (primary N) is 1. The molecule has 1 aromatic carbocycles. The zero-order chi connectivity index (χ0) is 15.7. The second-order valence-corrected chi connectivity index (χ2v) is 5.74. The topological polar surface area (TPSA) is 93.8 Å². The third-order valence-electron chi connectivity index (χ3n) is 2.93. The Morgan fingerprint density at radius 1 is 1.43 bits per heavy atom. The lowest BCUT2D eigenvalue weighted by molar-refractivity contribution is 0.595. The van der Waals surface area contributed by atoms with Crippen molar-refractivity contribution in [2.24, 2.45) is 12.8 Å². The van der Waals surface area contributed by atoms with Crippen molar-refractivity contribution in [2.75, 3.05) is 0 Å². The molecule has 0 saturated carbocycles. The normalized spacial score (nSPS) is 12.4. The summed E-state index contributed by atoms with van der Waals surface area (Å²) < 4.78 is 15.0. The number of aromatic nitrogens is 3. The Hall–Kier alpha value is -1.93. The number of hydrogen-bond donors (Lipinski definition) is 2. The molecule has 2 aromatic rings. The van der Waals surface area contributed by atoms with Gasteiger partial charge in [0.2, 0.25) is 0 Å². The minimum atomic E-state index is -0.864. The van der Waals surface area contributed by atoms with Gasteiger partial charge in [-0.05, 0) is 48.9 Å². The van der Waals surface area contributed by atoms with Crippen LogP contribution < -0.4 is 16.9 Å². The molecular weight excluding hydrogens is 295 g/mol. The van der Waals surface area contributed by atoms with Gasteiger partial charge in [0, 0.05) is 18.0 Å². The van der Waals surface area contributed by atoms with E-state index in [2.05, 4.69) is 10.1 Å². The number of nitrogens with zero attached hydrogens (tertiary/aromatic N) is 2. The Labute approximate surface area is 124 Å². The van der Waals surface area contributed by atoms with Gasteiger partial charge >= 0.3 is 11.1 Å². The van der Waals surface area contributed by atoms with Crippen LogP contribution in [0.15, 0.2) is 31.8 Å². The number of nitrogens with one attached hydrogen (secondary N) is 1. The third-order valence-corrected chi connectivity index (χ3v) is 4.05. The van der Waals surface area contributed by atoms with Crippen molar-refractivity contribution in [1.82, 2.24) is 14.8 Å². The highest BCUT2D eigenvalue weighted by molar-refractivity contribution is 7.99. The van der Waals surface area contributed by atoms with Crippen LogP contribution >= 0.6 is 11.8 Å². The van der Waals surface area contributed by atoms with Gasteiger partial charge in [0.25, 0.3) is 0 Å². The molecule has 1 heterocycles. The van der Waals surface area contributed by atoms with Gasteiger partial charge in [-0.25, -0.2) is 4.39 Å². The summed E-state index contributed by atoms with van der Waals surface area (Å²) in [7, 11) is 1.57. The van der Waals surface area contributed by atoms with Crippen LogP contribution in [0.5, 0.6) is 0 Å². The first-order chi connectivity index (χ1) is 9.79. The van der Waals surface area contributed by atoms with Gasteiger partial charge in [-0.3, -0.25) is 19.4 Å². The van der Waals surface area contributed by atoms with Gasteiger partial charge in [-0.2, -0.15) is 4.98 Å². The van der Waals surface area contributed by atoms with Crippen LogP contribution in [0.1, 0.15) is 24.1 Å². The molecule has 112 valence electrons. The summed E-state index contributed by atoms with van der Waals surface area (Å²) in [5.74, 6) is -0.338. The number of hydrogen-bond acceptors (Lipinski definition) is 5. The predicted molar refractivity (Wildman–Crippen MR) is 78.0 cm³/mol. The first-order valence-corrected chi connectivity index (χ1v) is 7.02. The average Bonchev–Trinajstić information content (AvgIpc) is 2.39. The van der Waals surface area contributed by atoms with Crippen molar-refractivity contribution in [3.8, 4) is 0 Å². The summed E-state index contributed by atoms with van der Waals surface area (Å²) in [5.41, 5.74) is 5.28. The van der Waals surface area contributed by atoms with E-state index in [1.54, 1.807) is 27.0 Å². The van der Waals surface area contributed by atoms with E-state index in [0.717, 1.165) is 11.8 Å². The Morgan fingerprint density at radius 2 is 2.10 bits per heavy atom. The van der Waals surface area contributed by atoms with E-state index in [0.29, 0.717) is 21.2 Å². The molecule has 0 aliphatic rings. The van der Waals surface area contributed by atoms with Gasteiger partial charge in [0.05, 0.1) is 0 Å². The molecule has 6 nitrogen and oxygen atoms in total. The predicted octanol–water partition coefficient (Wildman–Crippen LogP) is 1.09. The molecule has 1 atom stereocenters. The third kappa shape index (κ3) is 3.22. The molecule has 3 N–H and O–H groups in total. The van der Waals surface area contributed by atoms with E-state index in [1.807, 2.05) is 0 Å². The molecular formula is C13H15FN4O2S. The first-order valence-electron chi connectivity index (χ1n) is 6.20. The molecule has 0 bridgehead atoms. The van der Waals surface area contributed by atoms with Crippen LogP contribution in [0.3, 0.4) is 0 Å². The molecule has 0 aliphatic heterocycles. The largest absolute Gasteiger partial charge is 0.339 e. The number of halogens is 1. The van der Waals surface area contributed by atoms with Crippen molar-refractivity contribution >= 4 is 11.8 Å². The maximum Gasteiger partial charge on any atom is 0.339 e. The number of benzene rings is 1. The monoisotopic (exact) mass is 310 g/mol. The van der Waals surface area contributed by atoms with Gasteiger partial charge in [0.1, 0.15) is 5.82 Å². The highest BCUT2D eigenvalue weighted by Gasteiger charge is 2.14. The maximum absolute atomic E-state index is 13.7. The standard InChI is InChI=1S/C13H15FN4O2S/c1-6-4-10(8(7(2)15)5-9(6)14)21-13-16-11(19)12(20)17-18(13)3/h4-5,7H,15H2,1-3H3,(H,17,20). The number of aromatic amines is 1. The SMILES string of the molecule is Cc1cc(Sc2nc(=O)c(=O)[nH]n2C)c(C(C)N)cc1F. The van der Waals surface area contributed by atoms with Crippen molar-refractivity contribution in [2.45, 2.75) is 29.9 Å². The summed E-state index contributed by atoms with van der Waals surface area (Å²) in [4.78, 5) is 26.9. The second kappa shape index (κ2) is 5.82. The smallest absolute Gasteiger partial charge is 0.324 e. The molecule has 1 aromatic heterocycles. The summed E-state index contributed by atoms with van der Waals surface area (Å²) in [5, 5.41) is 2.66. The number of H-pyrrole nitrogens is 1. The molecule has 0 fully saturated rings. The molecule has 1 unspecified atom stereocenters. The van der Waals surface area contributed by atoms with Crippen molar-refractivity contribution < 1.29 is 4.39 Å². The quantitative estimate of drug-likeness (QED) is 0.828. The van der Waals surface area contributed by atoms with E-state index < -0.39 is 11.1 Å². The highest BCUT2D eigenvalue weighted by atomic mass is 32.2. The minimum Gasteiger partial charge on any atom is -0.324 e. The van der Waals surface area contributed by atoms with E-state index in [4.69, 9.17) is 5.73 Å². The molecule has 0 saturated heterocycles. The van der Waals surface area contributed by atoms with Crippen LogP contribution in [0.25, 0.3) is 0 Å². The lowest BCUT2D eigenvalue weighted by atomic mass is 10.1. The lowest BCUT2D eigenvalue weighted by Gasteiger charge is -2.14. The highest BCUT2D eigenvalue weighted by Crippen LogP contribution is 2.32. The van der Waals surface area contributed by atoms with Crippen molar-refractivity contribution in [3.63, 3.8) is 0 Å². The van der Waals surface area contributed by atoms with Crippen LogP contribution in [-0.4, -0.2) is 14.8 Å². The molecule has 0 spiro atoms. The Bertz CT molecular complexity index is 798. The van der Waals surface area contributed by atoms with Gasteiger partial charge in [-0.1, -0.05) is 0 Å². The first kappa shape index (κ1) is 15.5. The van der Waals surface area contributed by atoms with Gasteiger partial charge in [-0.15, -0.1) is 0 Å². The molecule has 8 heteroatoms. The van der Waals surface area contributed by atoms with Crippen molar-refractivity contribution in [1.29, 1.82) is 0 Å². The molecule has 0 amide bonds. The van der Waals surface area contributed by atoms with E-state index in [1.165, 1.54) is 10.7 Å². The summed E-state index contributed by atoms with van der Waals surface area (Å²) in [6.45, 7) is 3.39. The van der Waals surface area contributed by atoms with Crippen LogP contribution in [0.2, 0.25) is 0 Å². The fourth-order valence-electron chi connectivity index (χ4n) is 1.76. The molecule has 0 aliphatic carbocycles. The summed E-state index contributed by atoms with van der Waals surface area (Å²) in [6.07, 6.45) is 0. The van der Waals surface area contributed by atoms with E-state index >= 15 is 0 Å². The zero-order valence-electron chi connectivity index (χ0n) is 11.8. The summed E-state index contributed by atoms with van der Waals surface area (Å²) >= 11 is 1.15. The van der Waals surface area contributed by atoms with E-state index in [-0.39, 0.29) is 11.9 Å². The zero-order valence-corrected chi connectivity index (χ0v) is 12.6. The average molecular weight is 310 g/mol. The fourth-order valence-corrected chi connectivity index (χ4v) is 2.87. The molecule has 2 rings (SSSR count). The Balaban J connectivity index is 2.54. The maximum atomic E-state index is 13.7. The second-order valence-electron chi connectivity index (χ2n) is 4.73. The molecule has 21 heavy (non-hydrogen) atoms. The van der Waals surface area contributed by atoms with E-state index in [9.17, 15) is 14.0 Å².